The number of thioether (sulfide) groups is 1. The van der Waals surface area contributed by atoms with Crippen LogP contribution in [0, 0.1) is 0 Å². The van der Waals surface area contributed by atoms with Crippen molar-refractivity contribution in [3.05, 3.63) is 57.0 Å². The summed E-state index contributed by atoms with van der Waals surface area (Å²) in [6.07, 6.45) is -4.30. The van der Waals surface area contributed by atoms with E-state index in [1.54, 1.807) is 37.2 Å². The van der Waals surface area contributed by atoms with E-state index < -0.39 is 11.9 Å². The fourth-order valence-electron chi connectivity index (χ4n) is 2.03. The van der Waals surface area contributed by atoms with Gasteiger partial charge in [0, 0.05) is 24.6 Å². The van der Waals surface area contributed by atoms with E-state index in [1.807, 2.05) is 6.07 Å². The third-order valence-corrected chi connectivity index (χ3v) is 5.33. The highest BCUT2D eigenvalue weighted by Crippen LogP contribution is 2.39. The maximum atomic E-state index is 12.5. The average molecular weight is 442 g/mol. The zero-order valence-corrected chi connectivity index (χ0v) is 16.8. The zero-order valence-electron chi connectivity index (χ0n) is 13.7. The SMILES string of the molecule is CN(C)/C(=N\c1cc(SCC(F)(F)F)c(Cl)cc1Cl)c1ccccc1Cl. The molecule has 0 aliphatic carbocycles. The molecule has 0 saturated heterocycles. The summed E-state index contributed by atoms with van der Waals surface area (Å²) in [5.41, 5.74) is 0.985. The van der Waals surface area contributed by atoms with E-state index in [1.165, 1.54) is 12.1 Å². The standard InChI is InChI=1S/C17H14Cl3F3N2S/c1-25(2)16(10-5-3-4-6-11(10)18)24-14-8-15(13(20)7-12(14)19)26-9-17(21,22)23/h3-8H,9H2,1-2H3/b24-16-. The number of benzene rings is 2. The lowest BCUT2D eigenvalue weighted by Crippen LogP contribution is -2.23. The second-order valence-electron chi connectivity index (χ2n) is 5.45. The molecule has 0 N–H and O–H groups in total. The van der Waals surface area contributed by atoms with Crippen molar-refractivity contribution in [3.63, 3.8) is 0 Å². The second kappa shape index (κ2) is 8.74. The first-order chi connectivity index (χ1) is 12.1. The lowest BCUT2D eigenvalue weighted by Gasteiger charge is -2.18. The van der Waals surface area contributed by atoms with Gasteiger partial charge >= 0.3 is 6.18 Å². The largest absolute Gasteiger partial charge is 0.398 e. The number of rotatable bonds is 4. The Hall–Kier alpha value is -1.08. The summed E-state index contributed by atoms with van der Waals surface area (Å²) in [4.78, 5) is 6.51. The monoisotopic (exact) mass is 440 g/mol. The summed E-state index contributed by atoms with van der Waals surface area (Å²) in [6, 6.07) is 9.96. The van der Waals surface area contributed by atoms with Crippen LogP contribution in [0.2, 0.25) is 15.1 Å². The van der Waals surface area contributed by atoms with Crippen molar-refractivity contribution < 1.29 is 13.2 Å². The molecule has 0 atom stereocenters. The van der Waals surface area contributed by atoms with Crippen molar-refractivity contribution in [1.82, 2.24) is 4.90 Å². The van der Waals surface area contributed by atoms with Crippen LogP contribution in [0.4, 0.5) is 18.9 Å². The van der Waals surface area contributed by atoms with Gasteiger partial charge in [-0.25, -0.2) is 4.99 Å². The average Bonchev–Trinajstić information content (AvgIpc) is 2.53. The predicted molar refractivity (Wildman–Crippen MR) is 105 cm³/mol. The Bertz CT molecular complexity index is 823. The topological polar surface area (TPSA) is 15.6 Å². The Morgan fingerprint density at radius 2 is 1.69 bits per heavy atom. The van der Waals surface area contributed by atoms with E-state index in [2.05, 4.69) is 4.99 Å². The molecule has 9 heteroatoms. The van der Waals surface area contributed by atoms with Crippen molar-refractivity contribution >= 4 is 58.1 Å². The minimum atomic E-state index is -4.30. The summed E-state index contributed by atoms with van der Waals surface area (Å²) in [7, 11) is 3.57. The Labute approximate surface area is 168 Å². The molecule has 0 fully saturated rings. The maximum Gasteiger partial charge on any atom is 0.398 e. The van der Waals surface area contributed by atoms with Gasteiger partial charge in [-0.2, -0.15) is 13.2 Å². The third kappa shape index (κ3) is 5.71. The lowest BCUT2D eigenvalue weighted by atomic mass is 10.2. The summed E-state index contributed by atoms with van der Waals surface area (Å²) in [5, 5.41) is 0.877. The van der Waals surface area contributed by atoms with Crippen molar-refractivity contribution in [1.29, 1.82) is 0 Å². The molecule has 2 aromatic rings. The normalized spacial score (nSPS) is 12.4. The number of aliphatic imine (C=N–C) groups is 1. The van der Waals surface area contributed by atoms with E-state index in [0.717, 1.165) is 0 Å². The second-order valence-corrected chi connectivity index (χ2v) is 7.69. The predicted octanol–water partition coefficient (Wildman–Crippen LogP) is 6.94. The van der Waals surface area contributed by atoms with Gasteiger partial charge in [0.2, 0.25) is 0 Å². The van der Waals surface area contributed by atoms with Crippen LogP contribution in [0.25, 0.3) is 0 Å². The summed E-state index contributed by atoms with van der Waals surface area (Å²) >= 11 is 19.0. The van der Waals surface area contributed by atoms with Crippen molar-refractivity contribution in [2.75, 3.05) is 19.8 Å². The highest BCUT2D eigenvalue weighted by atomic mass is 35.5. The van der Waals surface area contributed by atoms with Crippen LogP contribution in [0.5, 0.6) is 0 Å². The number of amidine groups is 1. The molecule has 0 saturated carbocycles. The molecule has 0 heterocycles. The number of alkyl halides is 3. The van der Waals surface area contributed by atoms with E-state index in [4.69, 9.17) is 34.8 Å². The molecular formula is C17H14Cl3F3N2S. The highest BCUT2D eigenvalue weighted by molar-refractivity contribution is 7.99. The first-order valence-corrected chi connectivity index (χ1v) is 9.40. The first-order valence-electron chi connectivity index (χ1n) is 7.28. The van der Waals surface area contributed by atoms with Gasteiger partial charge in [0.15, 0.2) is 0 Å². The molecule has 0 aliphatic heterocycles. The number of halogens is 6. The highest BCUT2D eigenvalue weighted by Gasteiger charge is 2.28. The first kappa shape index (κ1) is 21.2. The molecule has 2 nitrogen and oxygen atoms in total. The molecule has 2 rings (SSSR count). The fraction of sp³-hybridized carbons (Fsp3) is 0.235. The Kier molecular flexibility index (Phi) is 7.13. The van der Waals surface area contributed by atoms with Crippen LogP contribution in [0.15, 0.2) is 46.3 Å². The lowest BCUT2D eigenvalue weighted by molar-refractivity contribution is -0.105. The quantitative estimate of drug-likeness (QED) is 0.290. The van der Waals surface area contributed by atoms with Crippen LogP contribution >= 0.6 is 46.6 Å². The summed E-state index contributed by atoms with van der Waals surface area (Å²) in [5.74, 6) is -0.533. The Balaban J connectivity index is 2.48. The van der Waals surface area contributed by atoms with Gasteiger partial charge in [-0.3, -0.25) is 0 Å². The van der Waals surface area contributed by atoms with Gasteiger partial charge in [-0.05, 0) is 24.3 Å². The number of hydrogen-bond donors (Lipinski definition) is 0. The van der Waals surface area contributed by atoms with Crippen LogP contribution in [-0.4, -0.2) is 36.8 Å². The number of nitrogens with zero attached hydrogens (tertiary/aromatic N) is 2. The molecule has 2 aromatic carbocycles. The molecule has 0 radical (unpaired) electrons. The van der Waals surface area contributed by atoms with Crippen molar-refractivity contribution in [3.8, 4) is 0 Å². The molecule has 140 valence electrons. The van der Waals surface area contributed by atoms with Crippen LogP contribution < -0.4 is 0 Å². The van der Waals surface area contributed by atoms with Gasteiger partial charge in [-0.1, -0.05) is 46.9 Å². The maximum absolute atomic E-state index is 12.5. The summed E-state index contributed by atoms with van der Waals surface area (Å²) in [6.45, 7) is 0. The molecular weight excluding hydrogens is 428 g/mol. The molecule has 26 heavy (non-hydrogen) atoms. The molecule has 0 aromatic heterocycles. The Morgan fingerprint density at radius 1 is 1.04 bits per heavy atom. The van der Waals surface area contributed by atoms with Crippen molar-refractivity contribution in [2.24, 2.45) is 4.99 Å². The fourth-order valence-corrected chi connectivity index (χ4v) is 3.55. The zero-order chi connectivity index (χ0) is 19.5. The molecule has 0 amide bonds. The Morgan fingerprint density at radius 3 is 2.27 bits per heavy atom. The van der Waals surface area contributed by atoms with Crippen LogP contribution in [0.3, 0.4) is 0 Å². The van der Waals surface area contributed by atoms with Gasteiger partial charge < -0.3 is 4.90 Å². The molecule has 0 spiro atoms. The van der Waals surface area contributed by atoms with E-state index in [0.29, 0.717) is 33.9 Å². The van der Waals surface area contributed by atoms with Gasteiger partial charge in [0.25, 0.3) is 0 Å². The van der Waals surface area contributed by atoms with Crippen molar-refractivity contribution in [2.45, 2.75) is 11.1 Å². The summed E-state index contributed by atoms with van der Waals surface area (Å²) < 4.78 is 37.5. The van der Waals surface area contributed by atoms with E-state index in [-0.39, 0.29) is 14.9 Å². The third-order valence-electron chi connectivity index (χ3n) is 3.16. The minimum absolute atomic E-state index is 0.146. The van der Waals surface area contributed by atoms with Gasteiger partial charge in [-0.15, -0.1) is 11.8 Å². The molecule has 0 bridgehead atoms. The number of hydrogen-bond acceptors (Lipinski definition) is 2. The molecule has 0 unspecified atom stereocenters. The van der Waals surface area contributed by atoms with Gasteiger partial charge in [0.05, 0.1) is 26.5 Å². The van der Waals surface area contributed by atoms with E-state index in [9.17, 15) is 13.2 Å². The van der Waals surface area contributed by atoms with E-state index >= 15 is 0 Å². The minimum Gasteiger partial charge on any atom is -0.362 e. The van der Waals surface area contributed by atoms with Gasteiger partial charge in [0.1, 0.15) is 5.84 Å². The molecule has 0 aliphatic rings. The van der Waals surface area contributed by atoms with Crippen LogP contribution in [-0.2, 0) is 0 Å². The van der Waals surface area contributed by atoms with Crippen LogP contribution in [0.1, 0.15) is 5.56 Å². The smallest absolute Gasteiger partial charge is 0.362 e.